The van der Waals surface area contributed by atoms with Crippen molar-refractivity contribution in [3.05, 3.63) is 155 Å². The summed E-state index contributed by atoms with van der Waals surface area (Å²) in [5, 5.41) is 3.92. The molecule has 0 spiro atoms. The molecule has 256 valence electrons. The fourth-order valence-electron chi connectivity index (χ4n) is 5.07. The van der Waals surface area contributed by atoms with Gasteiger partial charge in [-0.15, -0.1) is 0 Å². The monoisotopic (exact) mass is 684 g/mol. The predicted octanol–water partition coefficient (Wildman–Crippen LogP) is 6.30. The number of fused-ring (bicyclic) bond motifs is 2. The van der Waals surface area contributed by atoms with Gasteiger partial charge in [-0.3, -0.25) is 9.97 Å². The van der Waals surface area contributed by atoms with Gasteiger partial charge in [-0.25, -0.2) is 19.2 Å². The average Bonchev–Trinajstić information content (AvgIpc) is 3.17. The summed E-state index contributed by atoms with van der Waals surface area (Å²) in [5.41, 5.74) is 2.72. The molecule has 11 nitrogen and oxygen atoms in total. The van der Waals surface area contributed by atoms with Crippen LogP contribution in [0.1, 0.15) is 43.5 Å². The Morgan fingerprint density at radius 2 is 0.784 bits per heavy atom. The van der Waals surface area contributed by atoms with Crippen LogP contribution in [-0.4, -0.2) is 47.1 Å². The number of benzene rings is 4. The molecule has 11 heteroatoms. The number of hydrogen-bond acceptors (Lipinski definition) is 11. The van der Waals surface area contributed by atoms with E-state index in [0.29, 0.717) is 33.9 Å². The molecular weight excluding hydrogens is 652 g/mol. The smallest absolute Gasteiger partial charge is 0.338 e. The van der Waals surface area contributed by atoms with Gasteiger partial charge in [0, 0.05) is 0 Å². The molecule has 0 unspecified atom stereocenters. The minimum Gasteiger partial charge on any atom is -0.457 e. The zero-order valence-corrected chi connectivity index (χ0v) is 27.4. The Bertz CT molecular complexity index is 2050. The number of carbonyl (C=O) groups is 4. The summed E-state index contributed by atoms with van der Waals surface area (Å²) in [5.74, 6) is -2.36. The normalized spacial score (nSPS) is 10.8. The summed E-state index contributed by atoms with van der Waals surface area (Å²) in [6.45, 7) is -1.35. The van der Waals surface area contributed by atoms with E-state index < -0.39 is 37.1 Å². The summed E-state index contributed by atoms with van der Waals surface area (Å²) in [4.78, 5) is 58.2. The number of pyridine rings is 2. The van der Waals surface area contributed by atoms with E-state index in [9.17, 15) is 19.2 Å². The number of nitrogens with zero attached hydrogens (tertiary/aromatic N) is 2. The van der Waals surface area contributed by atoms with Crippen molar-refractivity contribution in [2.24, 2.45) is 0 Å². The molecule has 2 aromatic heterocycles. The van der Waals surface area contributed by atoms with Gasteiger partial charge in [0.05, 0.1) is 33.9 Å². The molecule has 0 aliphatic carbocycles. The number of ether oxygens (including phenoxy) is 5. The lowest BCUT2D eigenvalue weighted by atomic mass is 10.1. The van der Waals surface area contributed by atoms with Crippen molar-refractivity contribution >= 4 is 45.4 Å². The van der Waals surface area contributed by atoms with Gasteiger partial charge in [0.2, 0.25) is 0 Å². The third-order valence-electron chi connectivity index (χ3n) is 7.60. The zero-order valence-electron chi connectivity index (χ0n) is 27.4. The molecule has 6 aromatic rings. The molecule has 0 radical (unpaired) electrons. The molecule has 0 amide bonds. The van der Waals surface area contributed by atoms with Gasteiger partial charge in [0.15, 0.2) is 0 Å². The molecule has 0 fully saturated rings. The van der Waals surface area contributed by atoms with Crippen LogP contribution in [0, 0.1) is 0 Å². The standard InChI is InChI=1S/C40H32N2O9/c43-37(48-21-33-11-5-13-35(41-33)23-50-39(45)31-17-15-27-7-1-3-9-29(27)19-31)25-47-26-38(44)49-22-34-12-6-14-36(42-34)24-51-40(46)32-18-16-28-8-2-4-10-30(28)20-32/h1-20H,21-26H2. The van der Waals surface area contributed by atoms with Gasteiger partial charge in [0.25, 0.3) is 0 Å². The van der Waals surface area contributed by atoms with Gasteiger partial charge in [-0.2, -0.15) is 0 Å². The highest BCUT2D eigenvalue weighted by molar-refractivity contribution is 5.96. The fraction of sp³-hybridized carbons (Fsp3) is 0.150. The van der Waals surface area contributed by atoms with Crippen molar-refractivity contribution in [1.29, 1.82) is 0 Å². The van der Waals surface area contributed by atoms with E-state index in [1.54, 1.807) is 60.7 Å². The molecule has 51 heavy (non-hydrogen) atoms. The number of aromatic nitrogens is 2. The Morgan fingerprint density at radius 3 is 1.20 bits per heavy atom. The van der Waals surface area contributed by atoms with Crippen LogP contribution in [0.3, 0.4) is 0 Å². The molecule has 0 saturated heterocycles. The second kappa shape index (κ2) is 16.8. The number of carbonyl (C=O) groups excluding carboxylic acids is 4. The molecule has 0 aliphatic rings. The molecule has 0 saturated carbocycles. The first-order valence-electron chi connectivity index (χ1n) is 16.0. The van der Waals surface area contributed by atoms with Crippen molar-refractivity contribution in [3.8, 4) is 0 Å². The summed E-state index contributed by atoms with van der Waals surface area (Å²) in [6.07, 6.45) is 0. The zero-order chi connectivity index (χ0) is 35.4. The van der Waals surface area contributed by atoms with Gasteiger partial charge >= 0.3 is 23.9 Å². The average molecular weight is 685 g/mol. The second-order valence-electron chi connectivity index (χ2n) is 11.3. The lowest BCUT2D eigenvalue weighted by molar-refractivity contribution is -0.157. The van der Waals surface area contributed by atoms with Crippen molar-refractivity contribution in [2.75, 3.05) is 13.2 Å². The van der Waals surface area contributed by atoms with Crippen molar-refractivity contribution in [2.45, 2.75) is 26.4 Å². The lowest BCUT2D eigenvalue weighted by Gasteiger charge is -2.09. The summed E-state index contributed by atoms with van der Waals surface area (Å²) < 4.78 is 26.4. The summed E-state index contributed by atoms with van der Waals surface area (Å²) in [7, 11) is 0. The molecule has 2 heterocycles. The molecule has 4 aromatic carbocycles. The van der Waals surface area contributed by atoms with Gasteiger partial charge < -0.3 is 23.7 Å². The van der Waals surface area contributed by atoms with Gasteiger partial charge in [-0.05, 0) is 70.1 Å². The Kier molecular flexibility index (Phi) is 11.3. The molecule has 0 N–H and O–H groups in total. The third-order valence-corrected chi connectivity index (χ3v) is 7.60. The minimum absolute atomic E-state index is 0.0575. The molecular formula is C40H32N2O9. The maximum Gasteiger partial charge on any atom is 0.338 e. The van der Waals surface area contributed by atoms with Crippen LogP contribution in [0.15, 0.2) is 121 Å². The Labute approximate surface area is 292 Å². The highest BCUT2D eigenvalue weighted by Crippen LogP contribution is 2.18. The van der Waals surface area contributed by atoms with Gasteiger partial charge in [-0.1, -0.05) is 72.8 Å². The van der Waals surface area contributed by atoms with E-state index in [4.69, 9.17) is 23.7 Å². The third kappa shape index (κ3) is 9.80. The van der Waals surface area contributed by atoms with Crippen LogP contribution in [0.2, 0.25) is 0 Å². The van der Waals surface area contributed by atoms with Crippen LogP contribution < -0.4 is 0 Å². The van der Waals surface area contributed by atoms with Crippen molar-refractivity contribution in [1.82, 2.24) is 9.97 Å². The summed E-state index contributed by atoms with van der Waals surface area (Å²) in [6, 6.07) is 36.3. The number of hydrogen-bond donors (Lipinski definition) is 0. The van der Waals surface area contributed by atoms with E-state index in [-0.39, 0.29) is 26.4 Å². The maximum atomic E-state index is 12.6. The minimum atomic E-state index is -0.703. The molecule has 0 atom stereocenters. The Balaban J connectivity index is 0.872. The SMILES string of the molecule is O=C(COCC(=O)OCc1cccc(COC(=O)c2ccc3ccccc3c2)n1)OCc1cccc(COC(=O)c2ccc3ccccc3c2)n1. The van der Waals surface area contributed by atoms with Crippen LogP contribution in [-0.2, 0) is 59.7 Å². The topological polar surface area (TPSA) is 140 Å². The van der Waals surface area contributed by atoms with Crippen LogP contribution >= 0.6 is 0 Å². The first kappa shape index (κ1) is 34.4. The van der Waals surface area contributed by atoms with E-state index in [2.05, 4.69) is 9.97 Å². The van der Waals surface area contributed by atoms with E-state index >= 15 is 0 Å². The first-order valence-corrected chi connectivity index (χ1v) is 16.0. The van der Waals surface area contributed by atoms with E-state index in [1.807, 2.05) is 60.7 Å². The van der Waals surface area contributed by atoms with E-state index in [1.165, 1.54) is 0 Å². The fourth-order valence-corrected chi connectivity index (χ4v) is 5.07. The predicted molar refractivity (Wildman–Crippen MR) is 185 cm³/mol. The molecule has 6 rings (SSSR count). The van der Waals surface area contributed by atoms with Crippen molar-refractivity contribution < 1.29 is 42.9 Å². The highest BCUT2D eigenvalue weighted by atomic mass is 16.6. The first-order chi connectivity index (χ1) is 24.9. The van der Waals surface area contributed by atoms with Gasteiger partial charge in [0.1, 0.15) is 39.6 Å². The Morgan fingerprint density at radius 1 is 0.412 bits per heavy atom. The highest BCUT2D eigenvalue weighted by Gasteiger charge is 2.13. The second-order valence-corrected chi connectivity index (χ2v) is 11.3. The quantitative estimate of drug-likeness (QED) is 0.0943. The van der Waals surface area contributed by atoms with Crippen LogP contribution in [0.4, 0.5) is 0 Å². The maximum absolute atomic E-state index is 12.6. The number of esters is 4. The number of rotatable bonds is 14. The molecule has 0 aliphatic heterocycles. The van der Waals surface area contributed by atoms with Crippen molar-refractivity contribution in [3.63, 3.8) is 0 Å². The largest absolute Gasteiger partial charge is 0.457 e. The lowest BCUT2D eigenvalue weighted by Crippen LogP contribution is -2.19. The molecule has 0 bridgehead atoms. The Hall–Kier alpha value is -6.46. The van der Waals surface area contributed by atoms with Crippen LogP contribution in [0.5, 0.6) is 0 Å². The van der Waals surface area contributed by atoms with E-state index in [0.717, 1.165) is 21.5 Å². The summed E-state index contributed by atoms with van der Waals surface area (Å²) >= 11 is 0. The van der Waals surface area contributed by atoms with Crippen LogP contribution in [0.25, 0.3) is 21.5 Å².